The van der Waals surface area contributed by atoms with Gasteiger partial charge in [-0.1, -0.05) is 12.1 Å². The van der Waals surface area contributed by atoms with Crippen molar-refractivity contribution < 1.29 is 13.6 Å². The van der Waals surface area contributed by atoms with Crippen molar-refractivity contribution in [2.75, 3.05) is 0 Å². The number of nitrogens with zero attached hydrogens (tertiary/aromatic N) is 4. The van der Waals surface area contributed by atoms with Crippen molar-refractivity contribution in [3.8, 4) is 11.5 Å². The summed E-state index contributed by atoms with van der Waals surface area (Å²) in [6, 6.07) is 9.91. The van der Waals surface area contributed by atoms with Gasteiger partial charge in [-0.2, -0.15) is 5.10 Å². The standard InChI is InChI=1S/C20H18FN5O2/c1-13-14(2)28-18(24-13)12-22-19(27)15-11-23-26(17-8-4-3-7-16(17)21)20(15)25-9-5-6-10-25/h3-11H,12H2,1-2H3,(H,22,27). The second-order valence-corrected chi connectivity index (χ2v) is 6.27. The smallest absolute Gasteiger partial charge is 0.257 e. The molecule has 28 heavy (non-hydrogen) atoms. The summed E-state index contributed by atoms with van der Waals surface area (Å²) in [6.07, 6.45) is 4.96. The first kappa shape index (κ1) is 17.7. The van der Waals surface area contributed by atoms with Crippen LogP contribution in [0.15, 0.2) is 59.4 Å². The predicted molar refractivity (Wildman–Crippen MR) is 100.0 cm³/mol. The summed E-state index contributed by atoms with van der Waals surface area (Å²) in [7, 11) is 0. The lowest BCUT2D eigenvalue weighted by Gasteiger charge is -2.11. The number of aromatic nitrogens is 4. The predicted octanol–water partition coefficient (Wildman–Crippen LogP) is 3.34. The molecule has 0 saturated heterocycles. The maximum atomic E-state index is 14.3. The molecule has 142 valence electrons. The molecule has 1 amide bonds. The Kier molecular flexibility index (Phi) is 4.52. The molecule has 8 heteroatoms. The maximum Gasteiger partial charge on any atom is 0.257 e. The van der Waals surface area contributed by atoms with Crippen molar-refractivity contribution in [1.82, 2.24) is 24.6 Å². The van der Waals surface area contributed by atoms with Gasteiger partial charge in [0.05, 0.1) is 18.4 Å². The van der Waals surface area contributed by atoms with Gasteiger partial charge in [0.2, 0.25) is 5.89 Å². The summed E-state index contributed by atoms with van der Waals surface area (Å²) in [5.41, 5.74) is 1.34. The highest BCUT2D eigenvalue weighted by molar-refractivity contribution is 5.97. The first-order valence-electron chi connectivity index (χ1n) is 8.72. The molecule has 0 fully saturated rings. The van der Waals surface area contributed by atoms with E-state index < -0.39 is 5.82 Å². The minimum Gasteiger partial charge on any atom is -0.444 e. The Morgan fingerprint density at radius 3 is 2.61 bits per heavy atom. The van der Waals surface area contributed by atoms with E-state index in [0.29, 0.717) is 23.0 Å². The average Bonchev–Trinajstić information content (AvgIpc) is 3.40. The number of halogens is 1. The summed E-state index contributed by atoms with van der Waals surface area (Å²) >= 11 is 0. The van der Waals surface area contributed by atoms with Gasteiger partial charge >= 0.3 is 0 Å². The van der Waals surface area contributed by atoms with Crippen LogP contribution in [0.4, 0.5) is 4.39 Å². The number of carbonyl (C=O) groups is 1. The number of benzene rings is 1. The van der Waals surface area contributed by atoms with Crippen LogP contribution in [-0.4, -0.2) is 25.2 Å². The molecular formula is C20H18FN5O2. The normalized spacial score (nSPS) is 11.0. The summed E-state index contributed by atoms with van der Waals surface area (Å²) in [6.45, 7) is 3.80. The van der Waals surface area contributed by atoms with E-state index in [1.165, 1.54) is 16.9 Å². The van der Waals surface area contributed by atoms with Crippen LogP contribution in [-0.2, 0) is 6.54 Å². The zero-order chi connectivity index (χ0) is 19.7. The molecule has 0 bridgehead atoms. The van der Waals surface area contributed by atoms with Crippen molar-refractivity contribution >= 4 is 5.91 Å². The zero-order valence-corrected chi connectivity index (χ0v) is 15.4. The number of hydrogen-bond donors (Lipinski definition) is 1. The highest BCUT2D eigenvalue weighted by atomic mass is 19.1. The number of rotatable bonds is 5. The minimum atomic E-state index is -0.434. The Morgan fingerprint density at radius 2 is 1.93 bits per heavy atom. The average molecular weight is 379 g/mol. The Labute approximate surface area is 160 Å². The molecule has 0 saturated carbocycles. The van der Waals surface area contributed by atoms with E-state index in [2.05, 4.69) is 15.4 Å². The van der Waals surface area contributed by atoms with Gasteiger partial charge in [0.15, 0.2) is 5.82 Å². The minimum absolute atomic E-state index is 0.142. The van der Waals surface area contributed by atoms with Gasteiger partial charge < -0.3 is 14.3 Å². The molecule has 0 unspecified atom stereocenters. The summed E-state index contributed by atoms with van der Waals surface area (Å²) in [5, 5.41) is 7.04. The Hall–Kier alpha value is -3.68. The molecule has 0 atom stereocenters. The van der Waals surface area contributed by atoms with Crippen LogP contribution in [0.1, 0.15) is 27.7 Å². The third-order valence-electron chi connectivity index (χ3n) is 4.39. The fourth-order valence-corrected chi connectivity index (χ4v) is 2.89. The number of para-hydroxylation sites is 1. The van der Waals surface area contributed by atoms with Crippen molar-refractivity contribution in [3.05, 3.63) is 83.7 Å². The Morgan fingerprint density at radius 1 is 1.18 bits per heavy atom. The van der Waals surface area contributed by atoms with Gasteiger partial charge in [0.1, 0.15) is 22.8 Å². The molecule has 0 aliphatic rings. The summed E-state index contributed by atoms with van der Waals surface area (Å²) in [4.78, 5) is 17.1. The summed E-state index contributed by atoms with van der Waals surface area (Å²) in [5.74, 6) is 0.779. The molecule has 0 aliphatic heterocycles. The highest BCUT2D eigenvalue weighted by Gasteiger charge is 2.21. The maximum absolute atomic E-state index is 14.3. The van der Waals surface area contributed by atoms with Crippen LogP contribution in [0, 0.1) is 19.7 Å². The van der Waals surface area contributed by atoms with Gasteiger partial charge in [0.25, 0.3) is 5.91 Å². The van der Waals surface area contributed by atoms with Gasteiger partial charge in [-0.3, -0.25) is 4.79 Å². The fraction of sp³-hybridized carbons (Fsp3) is 0.150. The highest BCUT2D eigenvalue weighted by Crippen LogP contribution is 2.22. The first-order chi connectivity index (χ1) is 13.5. The molecular weight excluding hydrogens is 361 g/mol. The second kappa shape index (κ2) is 7.15. The third kappa shape index (κ3) is 3.20. The molecule has 4 rings (SSSR count). The van der Waals surface area contributed by atoms with Crippen LogP contribution < -0.4 is 5.32 Å². The first-order valence-corrected chi connectivity index (χ1v) is 8.72. The number of aryl methyl sites for hydroxylation is 2. The fourth-order valence-electron chi connectivity index (χ4n) is 2.89. The molecule has 1 aromatic carbocycles. The molecule has 1 N–H and O–H groups in total. The topological polar surface area (TPSA) is 77.9 Å². The molecule has 0 aliphatic carbocycles. The number of oxazole rings is 1. The van der Waals surface area contributed by atoms with E-state index in [9.17, 15) is 9.18 Å². The molecule has 3 heterocycles. The SMILES string of the molecule is Cc1nc(CNC(=O)c2cnn(-c3ccccc3F)c2-n2cccc2)oc1C. The molecule has 0 spiro atoms. The third-order valence-corrected chi connectivity index (χ3v) is 4.39. The van der Waals surface area contributed by atoms with Gasteiger partial charge in [0, 0.05) is 12.4 Å². The van der Waals surface area contributed by atoms with Crippen molar-refractivity contribution in [2.24, 2.45) is 0 Å². The quantitative estimate of drug-likeness (QED) is 0.577. The monoisotopic (exact) mass is 379 g/mol. The van der Waals surface area contributed by atoms with Crippen molar-refractivity contribution in [1.29, 1.82) is 0 Å². The lowest BCUT2D eigenvalue weighted by atomic mass is 10.2. The van der Waals surface area contributed by atoms with Crippen LogP contribution in [0.3, 0.4) is 0 Å². The summed E-state index contributed by atoms with van der Waals surface area (Å²) < 4.78 is 22.9. The molecule has 0 radical (unpaired) electrons. The zero-order valence-electron chi connectivity index (χ0n) is 15.4. The van der Waals surface area contributed by atoms with E-state index in [1.807, 2.05) is 26.0 Å². The van der Waals surface area contributed by atoms with Crippen molar-refractivity contribution in [2.45, 2.75) is 20.4 Å². The lowest BCUT2D eigenvalue weighted by molar-refractivity contribution is 0.0947. The number of hydrogen-bond acceptors (Lipinski definition) is 4. The van der Waals surface area contributed by atoms with Crippen molar-refractivity contribution in [3.63, 3.8) is 0 Å². The van der Waals surface area contributed by atoms with Crippen LogP contribution in [0.25, 0.3) is 11.5 Å². The van der Waals surface area contributed by atoms with Crippen LogP contribution in [0.5, 0.6) is 0 Å². The Bertz CT molecular complexity index is 1110. The van der Waals surface area contributed by atoms with E-state index in [1.54, 1.807) is 35.2 Å². The van der Waals surface area contributed by atoms with E-state index in [0.717, 1.165) is 5.69 Å². The van der Waals surface area contributed by atoms with Crippen LogP contribution >= 0.6 is 0 Å². The largest absolute Gasteiger partial charge is 0.444 e. The number of nitrogens with one attached hydrogen (secondary N) is 1. The lowest BCUT2D eigenvalue weighted by Crippen LogP contribution is -2.24. The molecule has 4 aromatic rings. The van der Waals surface area contributed by atoms with E-state index >= 15 is 0 Å². The van der Waals surface area contributed by atoms with E-state index in [-0.39, 0.29) is 18.1 Å². The Balaban J connectivity index is 1.69. The second-order valence-electron chi connectivity index (χ2n) is 6.27. The molecule has 3 aromatic heterocycles. The molecule has 7 nitrogen and oxygen atoms in total. The number of carbonyl (C=O) groups excluding carboxylic acids is 1. The van der Waals surface area contributed by atoms with Crippen LogP contribution in [0.2, 0.25) is 0 Å². The van der Waals surface area contributed by atoms with Gasteiger partial charge in [-0.25, -0.2) is 14.1 Å². The van der Waals surface area contributed by atoms with Gasteiger partial charge in [-0.05, 0) is 38.1 Å². The van der Waals surface area contributed by atoms with Gasteiger partial charge in [-0.15, -0.1) is 0 Å². The number of amides is 1. The van der Waals surface area contributed by atoms with E-state index in [4.69, 9.17) is 4.42 Å².